The lowest BCUT2D eigenvalue weighted by Crippen LogP contribution is -2.30. The summed E-state index contributed by atoms with van der Waals surface area (Å²) < 4.78 is 38.0. The van der Waals surface area contributed by atoms with Gasteiger partial charge in [-0.3, -0.25) is 0 Å². The normalized spacial score (nSPS) is 19.2. The number of aromatic nitrogens is 2. The van der Waals surface area contributed by atoms with E-state index in [0.29, 0.717) is 11.5 Å². The van der Waals surface area contributed by atoms with Crippen molar-refractivity contribution in [3.8, 4) is 0 Å². The average molecular weight is 259 g/mol. The van der Waals surface area contributed by atoms with Crippen LogP contribution in [0.25, 0.3) is 0 Å². The Labute approximate surface area is 104 Å². The third-order valence-electron chi connectivity index (χ3n) is 3.25. The predicted octanol–water partition coefficient (Wildman–Crippen LogP) is 2.61. The van der Waals surface area contributed by atoms with E-state index in [1.54, 1.807) is 6.92 Å². The molecule has 1 saturated heterocycles. The van der Waals surface area contributed by atoms with E-state index in [2.05, 4.69) is 14.9 Å². The van der Waals surface area contributed by atoms with Gasteiger partial charge in [0.25, 0.3) is 0 Å². The minimum Gasteiger partial charge on any atom is -0.306 e. The molecule has 0 N–H and O–H groups in total. The number of hydrogen-bond donors (Lipinski definition) is 0. The molecular formula is C12H16F3N3. The molecule has 0 amide bonds. The Balaban J connectivity index is 2.25. The van der Waals surface area contributed by atoms with Gasteiger partial charge in [0.1, 0.15) is 11.5 Å². The highest BCUT2D eigenvalue weighted by atomic mass is 19.4. The van der Waals surface area contributed by atoms with Crippen LogP contribution in [0, 0.1) is 6.92 Å². The van der Waals surface area contributed by atoms with Gasteiger partial charge >= 0.3 is 6.18 Å². The molecule has 0 spiro atoms. The van der Waals surface area contributed by atoms with Crippen molar-refractivity contribution in [2.24, 2.45) is 0 Å². The van der Waals surface area contributed by atoms with Crippen LogP contribution in [0.2, 0.25) is 0 Å². The summed E-state index contributed by atoms with van der Waals surface area (Å²) in [6.07, 6.45) is -2.76. The fourth-order valence-corrected chi connectivity index (χ4v) is 2.19. The van der Waals surface area contributed by atoms with Crippen molar-refractivity contribution in [2.45, 2.75) is 31.9 Å². The number of aryl methyl sites for hydroxylation is 1. The lowest BCUT2D eigenvalue weighted by atomic mass is 9.96. The Morgan fingerprint density at radius 3 is 2.39 bits per heavy atom. The van der Waals surface area contributed by atoms with E-state index in [1.807, 2.05) is 7.05 Å². The number of halogens is 3. The molecular weight excluding hydrogens is 243 g/mol. The van der Waals surface area contributed by atoms with Gasteiger partial charge in [-0.1, -0.05) is 0 Å². The Kier molecular flexibility index (Phi) is 3.56. The van der Waals surface area contributed by atoms with E-state index in [1.165, 1.54) is 0 Å². The van der Waals surface area contributed by atoms with E-state index >= 15 is 0 Å². The highest BCUT2D eigenvalue weighted by Gasteiger charge is 2.34. The molecule has 1 fully saturated rings. The van der Waals surface area contributed by atoms with Crippen molar-refractivity contribution in [2.75, 3.05) is 20.1 Å². The maximum absolute atomic E-state index is 12.7. The van der Waals surface area contributed by atoms with Crippen LogP contribution in [-0.2, 0) is 6.18 Å². The van der Waals surface area contributed by atoms with Crippen molar-refractivity contribution in [1.29, 1.82) is 0 Å². The predicted molar refractivity (Wildman–Crippen MR) is 61.2 cm³/mol. The van der Waals surface area contributed by atoms with E-state index in [4.69, 9.17) is 0 Å². The maximum atomic E-state index is 12.7. The SMILES string of the molecule is Cc1cc(C(F)(F)F)nc(C2CCN(C)CC2)n1. The molecule has 0 bridgehead atoms. The zero-order chi connectivity index (χ0) is 13.3. The molecule has 0 aromatic carbocycles. The quantitative estimate of drug-likeness (QED) is 0.776. The first-order chi connectivity index (χ1) is 8.36. The summed E-state index contributed by atoms with van der Waals surface area (Å²) in [5, 5.41) is 0. The van der Waals surface area contributed by atoms with Crippen molar-refractivity contribution >= 4 is 0 Å². The number of rotatable bonds is 1. The zero-order valence-electron chi connectivity index (χ0n) is 10.5. The van der Waals surface area contributed by atoms with Crippen LogP contribution < -0.4 is 0 Å². The number of piperidine rings is 1. The highest BCUT2D eigenvalue weighted by molar-refractivity contribution is 5.15. The van der Waals surface area contributed by atoms with Crippen LogP contribution in [0.5, 0.6) is 0 Å². The molecule has 0 radical (unpaired) electrons. The maximum Gasteiger partial charge on any atom is 0.433 e. The summed E-state index contributed by atoms with van der Waals surface area (Å²) in [6, 6.07) is 0.998. The molecule has 18 heavy (non-hydrogen) atoms. The summed E-state index contributed by atoms with van der Waals surface area (Å²) in [5.74, 6) is 0.387. The summed E-state index contributed by atoms with van der Waals surface area (Å²) in [4.78, 5) is 10.0. The summed E-state index contributed by atoms with van der Waals surface area (Å²) in [6.45, 7) is 3.34. The monoisotopic (exact) mass is 259 g/mol. The second-order valence-corrected chi connectivity index (χ2v) is 4.83. The lowest BCUT2D eigenvalue weighted by Gasteiger charge is -2.28. The smallest absolute Gasteiger partial charge is 0.306 e. The van der Waals surface area contributed by atoms with E-state index in [9.17, 15) is 13.2 Å². The molecule has 0 aliphatic carbocycles. The van der Waals surface area contributed by atoms with Gasteiger partial charge in [0, 0.05) is 11.6 Å². The number of alkyl halides is 3. The van der Waals surface area contributed by atoms with Gasteiger partial charge in [0.2, 0.25) is 0 Å². The van der Waals surface area contributed by atoms with Gasteiger partial charge in [-0.25, -0.2) is 9.97 Å². The molecule has 1 aliphatic heterocycles. The van der Waals surface area contributed by atoms with Crippen molar-refractivity contribution in [3.05, 3.63) is 23.3 Å². The van der Waals surface area contributed by atoms with E-state index < -0.39 is 11.9 Å². The Morgan fingerprint density at radius 1 is 1.22 bits per heavy atom. The molecule has 1 aromatic rings. The number of hydrogen-bond acceptors (Lipinski definition) is 3. The molecule has 0 saturated carbocycles. The van der Waals surface area contributed by atoms with Gasteiger partial charge in [0.15, 0.2) is 0 Å². The van der Waals surface area contributed by atoms with Crippen LogP contribution in [0.1, 0.15) is 36.0 Å². The topological polar surface area (TPSA) is 29.0 Å². The number of likely N-dealkylation sites (tertiary alicyclic amines) is 1. The Hall–Kier alpha value is -1.17. The molecule has 100 valence electrons. The summed E-state index contributed by atoms with van der Waals surface area (Å²) in [7, 11) is 2.01. The van der Waals surface area contributed by atoms with Crippen LogP contribution >= 0.6 is 0 Å². The molecule has 2 rings (SSSR count). The second kappa shape index (κ2) is 4.84. The molecule has 1 aliphatic rings. The zero-order valence-corrected chi connectivity index (χ0v) is 10.5. The van der Waals surface area contributed by atoms with Gasteiger partial charge in [0.05, 0.1) is 0 Å². The van der Waals surface area contributed by atoms with E-state index in [0.717, 1.165) is 32.0 Å². The van der Waals surface area contributed by atoms with Gasteiger partial charge in [-0.05, 0) is 46.0 Å². The highest BCUT2D eigenvalue weighted by Crippen LogP contribution is 2.31. The Morgan fingerprint density at radius 2 is 1.83 bits per heavy atom. The van der Waals surface area contributed by atoms with Crippen molar-refractivity contribution in [1.82, 2.24) is 14.9 Å². The third kappa shape index (κ3) is 2.98. The average Bonchev–Trinajstić information content (AvgIpc) is 2.28. The standard InChI is InChI=1S/C12H16F3N3/c1-8-7-10(12(13,14)15)17-11(16-8)9-3-5-18(2)6-4-9/h7,9H,3-6H2,1-2H3. The van der Waals surface area contributed by atoms with Crippen molar-refractivity contribution in [3.63, 3.8) is 0 Å². The molecule has 0 atom stereocenters. The minimum absolute atomic E-state index is 0.0437. The first-order valence-electron chi connectivity index (χ1n) is 5.97. The lowest BCUT2D eigenvalue weighted by molar-refractivity contribution is -0.141. The van der Waals surface area contributed by atoms with Crippen LogP contribution in [0.4, 0.5) is 13.2 Å². The molecule has 1 aromatic heterocycles. The van der Waals surface area contributed by atoms with Crippen molar-refractivity contribution < 1.29 is 13.2 Å². The van der Waals surface area contributed by atoms with Crippen LogP contribution in [-0.4, -0.2) is 35.0 Å². The van der Waals surface area contributed by atoms with Crippen LogP contribution in [0.15, 0.2) is 6.07 Å². The minimum atomic E-state index is -4.39. The Bertz CT molecular complexity index is 423. The second-order valence-electron chi connectivity index (χ2n) is 4.83. The van der Waals surface area contributed by atoms with Gasteiger partial charge < -0.3 is 4.90 Å². The third-order valence-corrected chi connectivity index (χ3v) is 3.25. The number of nitrogens with zero attached hydrogens (tertiary/aromatic N) is 3. The molecule has 0 unspecified atom stereocenters. The van der Waals surface area contributed by atoms with Gasteiger partial charge in [-0.2, -0.15) is 13.2 Å². The van der Waals surface area contributed by atoms with E-state index in [-0.39, 0.29) is 5.92 Å². The molecule has 2 heterocycles. The summed E-state index contributed by atoms with van der Waals surface area (Å²) >= 11 is 0. The summed E-state index contributed by atoms with van der Waals surface area (Å²) in [5.41, 5.74) is -0.449. The largest absolute Gasteiger partial charge is 0.433 e. The fraction of sp³-hybridized carbons (Fsp3) is 0.667. The first-order valence-corrected chi connectivity index (χ1v) is 5.97. The van der Waals surface area contributed by atoms with Crippen LogP contribution in [0.3, 0.4) is 0 Å². The molecule has 3 nitrogen and oxygen atoms in total. The van der Waals surface area contributed by atoms with Gasteiger partial charge in [-0.15, -0.1) is 0 Å². The first kappa shape index (κ1) is 13.3. The molecule has 6 heteroatoms. The fourth-order valence-electron chi connectivity index (χ4n) is 2.19.